The third-order valence-corrected chi connectivity index (χ3v) is 2.46. The van der Waals surface area contributed by atoms with E-state index >= 15 is 0 Å². The van der Waals surface area contributed by atoms with E-state index in [9.17, 15) is 0 Å². The molecule has 0 fully saturated rings. The van der Waals surface area contributed by atoms with Gasteiger partial charge in [-0.15, -0.1) is 0 Å². The predicted octanol–water partition coefficient (Wildman–Crippen LogP) is 2.22. The predicted molar refractivity (Wildman–Crippen MR) is 61.0 cm³/mol. The van der Waals surface area contributed by atoms with Crippen molar-refractivity contribution in [1.29, 1.82) is 0 Å². The first-order chi connectivity index (χ1) is 6.85. The first kappa shape index (κ1) is 13.9. The van der Waals surface area contributed by atoms with E-state index in [1.165, 1.54) is 32.1 Å². The Balaban J connectivity index is 3.28. The zero-order valence-electron chi connectivity index (χ0n) is 9.72. The fourth-order valence-electron chi connectivity index (χ4n) is 1.50. The van der Waals surface area contributed by atoms with Gasteiger partial charge in [-0.3, -0.25) is 11.3 Å². The number of ether oxygens (including phenoxy) is 1. The number of hydrogen-bond donors (Lipinski definition) is 2. The molecular formula is C11H26N2O. The number of hydrazine groups is 1. The molecule has 0 aliphatic rings. The lowest BCUT2D eigenvalue weighted by Gasteiger charge is -2.15. The van der Waals surface area contributed by atoms with Gasteiger partial charge in [0.2, 0.25) is 0 Å². The number of nitrogens with one attached hydrogen (secondary N) is 1. The van der Waals surface area contributed by atoms with E-state index < -0.39 is 0 Å². The highest BCUT2D eigenvalue weighted by atomic mass is 16.5. The molecule has 0 radical (unpaired) electrons. The summed E-state index contributed by atoms with van der Waals surface area (Å²) >= 11 is 0. The van der Waals surface area contributed by atoms with E-state index in [1.807, 2.05) is 6.92 Å². The molecule has 0 aliphatic carbocycles. The van der Waals surface area contributed by atoms with Crippen LogP contribution >= 0.6 is 0 Å². The second kappa shape index (κ2) is 11.0. The van der Waals surface area contributed by atoms with Crippen molar-refractivity contribution >= 4 is 0 Å². The van der Waals surface area contributed by atoms with E-state index in [2.05, 4.69) is 12.3 Å². The molecule has 0 heterocycles. The van der Waals surface area contributed by atoms with Crippen molar-refractivity contribution in [3.8, 4) is 0 Å². The Bertz CT molecular complexity index is 109. The topological polar surface area (TPSA) is 47.3 Å². The molecule has 0 saturated heterocycles. The quantitative estimate of drug-likeness (QED) is 0.324. The first-order valence-electron chi connectivity index (χ1n) is 5.89. The van der Waals surface area contributed by atoms with Gasteiger partial charge in [0, 0.05) is 19.3 Å². The van der Waals surface area contributed by atoms with Gasteiger partial charge in [0.15, 0.2) is 0 Å². The van der Waals surface area contributed by atoms with Crippen molar-refractivity contribution in [3.05, 3.63) is 0 Å². The van der Waals surface area contributed by atoms with Crippen LogP contribution in [0.2, 0.25) is 0 Å². The van der Waals surface area contributed by atoms with Crippen LogP contribution in [0.3, 0.4) is 0 Å². The standard InChI is InChI=1S/C11H26N2O/c1-3-5-6-7-8-11(13-12)9-10-14-4-2/h11,13H,3-10,12H2,1-2H3. The Morgan fingerprint density at radius 1 is 1.14 bits per heavy atom. The van der Waals surface area contributed by atoms with Gasteiger partial charge in [-0.2, -0.15) is 0 Å². The van der Waals surface area contributed by atoms with Gasteiger partial charge in [-0.1, -0.05) is 32.6 Å². The molecule has 3 heteroatoms. The molecule has 3 nitrogen and oxygen atoms in total. The molecule has 0 bridgehead atoms. The SMILES string of the molecule is CCCCCCC(CCOCC)NN. The molecule has 0 aromatic carbocycles. The average Bonchev–Trinajstić information content (AvgIpc) is 2.22. The highest BCUT2D eigenvalue weighted by Crippen LogP contribution is 2.07. The van der Waals surface area contributed by atoms with Gasteiger partial charge in [-0.25, -0.2) is 0 Å². The minimum absolute atomic E-state index is 0.429. The molecule has 0 amide bonds. The van der Waals surface area contributed by atoms with Crippen LogP contribution in [-0.2, 0) is 4.74 Å². The molecular weight excluding hydrogens is 176 g/mol. The summed E-state index contributed by atoms with van der Waals surface area (Å²) in [6.07, 6.45) is 7.42. The Morgan fingerprint density at radius 2 is 1.93 bits per heavy atom. The minimum atomic E-state index is 0.429. The van der Waals surface area contributed by atoms with Crippen LogP contribution in [0.4, 0.5) is 0 Å². The molecule has 3 N–H and O–H groups in total. The summed E-state index contributed by atoms with van der Waals surface area (Å²) in [6.45, 7) is 5.87. The van der Waals surface area contributed by atoms with E-state index in [4.69, 9.17) is 10.6 Å². The van der Waals surface area contributed by atoms with Crippen molar-refractivity contribution in [2.75, 3.05) is 13.2 Å². The fourth-order valence-corrected chi connectivity index (χ4v) is 1.50. The van der Waals surface area contributed by atoms with Crippen molar-refractivity contribution in [2.24, 2.45) is 5.84 Å². The largest absolute Gasteiger partial charge is 0.382 e. The van der Waals surface area contributed by atoms with E-state index in [1.54, 1.807) is 0 Å². The smallest absolute Gasteiger partial charge is 0.0481 e. The molecule has 86 valence electrons. The third-order valence-electron chi connectivity index (χ3n) is 2.46. The Kier molecular flexibility index (Phi) is 10.9. The molecule has 0 spiro atoms. The number of hydrogen-bond acceptors (Lipinski definition) is 3. The summed E-state index contributed by atoms with van der Waals surface area (Å²) < 4.78 is 5.30. The highest BCUT2D eigenvalue weighted by molar-refractivity contribution is 4.63. The Morgan fingerprint density at radius 3 is 2.50 bits per heavy atom. The molecule has 0 aromatic heterocycles. The number of nitrogens with two attached hydrogens (primary N) is 1. The summed E-state index contributed by atoms with van der Waals surface area (Å²) in [5.41, 5.74) is 2.86. The third kappa shape index (κ3) is 8.48. The van der Waals surface area contributed by atoms with Crippen molar-refractivity contribution < 1.29 is 4.74 Å². The molecule has 1 atom stereocenters. The molecule has 0 saturated carbocycles. The van der Waals surface area contributed by atoms with Crippen LogP contribution in [0.15, 0.2) is 0 Å². The molecule has 0 aromatic rings. The van der Waals surface area contributed by atoms with Gasteiger partial charge in [0.1, 0.15) is 0 Å². The lowest BCUT2D eigenvalue weighted by atomic mass is 10.1. The van der Waals surface area contributed by atoms with Crippen molar-refractivity contribution in [3.63, 3.8) is 0 Å². The zero-order chi connectivity index (χ0) is 10.6. The molecule has 14 heavy (non-hydrogen) atoms. The second-order valence-corrected chi connectivity index (χ2v) is 3.70. The van der Waals surface area contributed by atoms with Gasteiger partial charge in [0.05, 0.1) is 0 Å². The van der Waals surface area contributed by atoms with Gasteiger partial charge in [0.25, 0.3) is 0 Å². The Hall–Kier alpha value is -0.120. The maximum Gasteiger partial charge on any atom is 0.0481 e. The summed E-state index contributed by atoms with van der Waals surface area (Å²) in [6, 6.07) is 0.429. The average molecular weight is 202 g/mol. The monoisotopic (exact) mass is 202 g/mol. The minimum Gasteiger partial charge on any atom is -0.382 e. The van der Waals surface area contributed by atoms with E-state index in [0.29, 0.717) is 6.04 Å². The highest BCUT2D eigenvalue weighted by Gasteiger charge is 2.05. The normalized spacial score (nSPS) is 13.1. The lowest BCUT2D eigenvalue weighted by Crippen LogP contribution is -2.35. The van der Waals surface area contributed by atoms with Crippen LogP contribution < -0.4 is 11.3 Å². The van der Waals surface area contributed by atoms with E-state index in [-0.39, 0.29) is 0 Å². The maximum atomic E-state index is 5.46. The van der Waals surface area contributed by atoms with Crippen molar-refractivity contribution in [1.82, 2.24) is 5.43 Å². The summed E-state index contributed by atoms with van der Waals surface area (Å²) in [7, 11) is 0. The molecule has 0 aliphatic heterocycles. The van der Waals surface area contributed by atoms with Crippen LogP contribution in [0.25, 0.3) is 0 Å². The van der Waals surface area contributed by atoms with Crippen LogP contribution in [0, 0.1) is 0 Å². The summed E-state index contributed by atoms with van der Waals surface area (Å²) in [5.74, 6) is 5.46. The molecule has 1 unspecified atom stereocenters. The number of rotatable bonds is 10. The first-order valence-corrected chi connectivity index (χ1v) is 5.89. The lowest BCUT2D eigenvalue weighted by molar-refractivity contribution is 0.135. The van der Waals surface area contributed by atoms with Gasteiger partial charge < -0.3 is 4.74 Å². The zero-order valence-corrected chi connectivity index (χ0v) is 9.72. The molecule has 0 rings (SSSR count). The summed E-state index contributed by atoms with van der Waals surface area (Å²) in [5, 5.41) is 0. The van der Waals surface area contributed by atoms with Crippen molar-refractivity contribution in [2.45, 2.75) is 58.4 Å². The van der Waals surface area contributed by atoms with Gasteiger partial charge >= 0.3 is 0 Å². The fraction of sp³-hybridized carbons (Fsp3) is 1.00. The van der Waals surface area contributed by atoms with Crippen LogP contribution in [0.5, 0.6) is 0 Å². The summed E-state index contributed by atoms with van der Waals surface area (Å²) in [4.78, 5) is 0. The number of unbranched alkanes of at least 4 members (excludes halogenated alkanes) is 3. The van der Waals surface area contributed by atoms with Crippen LogP contribution in [0.1, 0.15) is 52.4 Å². The van der Waals surface area contributed by atoms with E-state index in [0.717, 1.165) is 19.6 Å². The van der Waals surface area contributed by atoms with Crippen LogP contribution in [-0.4, -0.2) is 19.3 Å². The second-order valence-electron chi connectivity index (χ2n) is 3.70. The van der Waals surface area contributed by atoms with Gasteiger partial charge in [-0.05, 0) is 19.8 Å². The Labute approximate surface area is 88.4 Å². The maximum absolute atomic E-state index is 5.46.